The van der Waals surface area contributed by atoms with Crippen molar-refractivity contribution >= 4 is 106 Å². The summed E-state index contributed by atoms with van der Waals surface area (Å²) >= 11 is 3.78. The molecule has 2 aromatic heterocycles. The lowest BCUT2D eigenvalue weighted by Crippen LogP contribution is -2.05. The van der Waals surface area contributed by atoms with Crippen molar-refractivity contribution in [2.75, 3.05) is 13.2 Å². The molecule has 0 unspecified atom stereocenters. The van der Waals surface area contributed by atoms with Crippen LogP contribution in [0.5, 0.6) is 0 Å². The van der Waals surface area contributed by atoms with Crippen LogP contribution in [0, 0.1) is 0 Å². The van der Waals surface area contributed by atoms with E-state index < -0.39 is 0 Å². The lowest BCUT2D eigenvalue weighted by molar-refractivity contribution is 0.0347. The molecule has 10 rings (SSSR count). The zero-order valence-electron chi connectivity index (χ0n) is 26.2. The molecule has 0 aliphatic carbocycles. The Kier molecular flexibility index (Phi) is 6.70. The maximum atomic E-state index is 6.34. The minimum absolute atomic E-state index is 0.538. The molecular weight excluding hydrogens is 625 g/mol. The predicted molar refractivity (Wildman–Crippen MR) is 208 cm³/mol. The molecule has 2 heterocycles. The molecule has 0 atom stereocenters. The molecule has 0 aliphatic heterocycles. The van der Waals surface area contributed by atoms with Gasteiger partial charge >= 0.3 is 0 Å². The molecule has 0 saturated carbocycles. The van der Waals surface area contributed by atoms with Crippen molar-refractivity contribution in [3.05, 3.63) is 145 Å². The minimum atomic E-state index is 0.538. The van der Waals surface area contributed by atoms with Crippen LogP contribution >= 0.6 is 22.7 Å². The van der Waals surface area contributed by atoms with E-state index in [1.807, 2.05) is 22.7 Å². The van der Waals surface area contributed by atoms with Crippen LogP contribution < -0.4 is 0 Å². The normalized spacial score (nSPS) is 12.2. The van der Waals surface area contributed by atoms with Gasteiger partial charge in [-0.1, -0.05) is 121 Å². The highest BCUT2D eigenvalue weighted by Gasteiger charge is 2.17. The summed E-state index contributed by atoms with van der Waals surface area (Å²) in [5.74, 6) is 0. The molecule has 0 bridgehead atoms. The van der Waals surface area contributed by atoms with E-state index >= 15 is 0 Å². The molecule has 0 aliphatic rings. The predicted octanol–water partition coefficient (Wildman–Crippen LogP) is 12.8. The third-order valence-electron chi connectivity index (χ3n) is 9.75. The fourth-order valence-corrected chi connectivity index (χ4v) is 10.2. The highest BCUT2D eigenvalue weighted by Crippen LogP contribution is 2.45. The Hall–Kier alpha value is -4.84. The van der Waals surface area contributed by atoms with Gasteiger partial charge in [0.05, 0.1) is 26.4 Å². The SMILES string of the molecule is c1ccc2c(c1)ccc1c2sc2c(COCCOCc3cc4ccccc4c4c3sc3c5ccccc5ccc34)cc3ccccc3c21. The van der Waals surface area contributed by atoms with E-state index in [1.165, 1.54) is 94.6 Å². The summed E-state index contributed by atoms with van der Waals surface area (Å²) < 4.78 is 18.0. The first-order valence-corrected chi connectivity index (χ1v) is 18.1. The molecule has 48 heavy (non-hydrogen) atoms. The van der Waals surface area contributed by atoms with E-state index in [1.54, 1.807) is 0 Å². The Bertz CT molecular complexity index is 2660. The fraction of sp³-hybridized carbons (Fsp3) is 0.0909. The van der Waals surface area contributed by atoms with Crippen LogP contribution in [0.1, 0.15) is 11.1 Å². The molecule has 0 spiro atoms. The smallest absolute Gasteiger partial charge is 0.0732 e. The first kappa shape index (κ1) is 28.2. The van der Waals surface area contributed by atoms with Gasteiger partial charge in [-0.2, -0.15) is 0 Å². The average molecular weight is 655 g/mol. The second-order valence-corrected chi connectivity index (χ2v) is 14.6. The van der Waals surface area contributed by atoms with E-state index in [0.29, 0.717) is 26.4 Å². The molecule has 4 heteroatoms. The zero-order valence-corrected chi connectivity index (χ0v) is 27.8. The molecular formula is C44H30O2S2. The molecule has 0 N–H and O–H groups in total. The third kappa shape index (κ3) is 4.45. The van der Waals surface area contributed by atoms with Gasteiger partial charge in [0, 0.05) is 40.3 Å². The van der Waals surface area contributed by atoms with Gasteiger partial charge < -0.3 is 9.47 Å². The van der Waals surface area contributed by atoms with Gasteiger partial charge in [-0.15, -0.1) is 22.7 Å². The number of benzene rings is 8. The van der Waals surface area contributed by atoms with Crippen molar-refractivity contribution in [3.63, 3.8) is 0 Å². The lowest BCUT2D eigenvalue weighted by atomic mass is 9.99. The van der Waals surface area contributed by atoms with Crippen LogP contribution in [0.15, 0.2) is 133 Å². The number of ether oxygens (including phenoxy) is 2. The van der Waals surface area contributed by atoms with Gasteiger partial charge in [-0.25, -0.2) is 0 Å². The van der Waals surface area contributed by atoms with Crippen molar-refractivity contribution in [2.24, 2.45) is 0 Å². The summed E-state index contributed by atoms with van der Waals surface area (Å²) in [7, 11) is 0. The maximum absolute atomic E-state index is 6.34. The summed E-state index contributed by atoms with van der Waals surface area (Å²) in [4.78, 5) is 0. The maximum Gasteiger partial charge on any atom is 0.0732 e. The van der Waals surface area contributed by atoms with Gasteiger partial charge in [-0.05, 0) is 66.3 Å². The summed E-state index contributed by atoms with van der Waals surface area (Å²) in [6.07, 6.45) is 0. The fourth-order valence-electron chi connectivity index (χ4n) is 7.54. The standard InChI is InChI=1S/C44H30O2S2/c1-7-15-35-27(9-1)17-19-37-39-33-13-5-3-11-29(33)23-31(41(39)47-43(35)37)25-45-21-22-46-26-32-24-30-12-4-6-14-34(30)40-38-20-18-28-10-2-8-16-36(28)44(38)48-42(32)40/h1-20,23-24H,21-22,25-26H2. The first-order chi connectivity index (χ1) is 23.8. The average Bonchev–Trinajstić information content (AvgIpc) is 3.74. The second-order valence-electron chi connectivity index (χ2n) is 12.6. The monoisotopic (exact) mass is 654 g/mol. The molecule has 8 aromatic carbocycles. The van der Waals surface area contributed by atoms with Crippen molar-refractivity contribution in [1.29, 1.82) is 0 Å². The number of hydrogen-bond acceptors (Lipinski definition) is 4. The molecule has 0 fully saturated rings. The quantitative estimate of drug-likeness (QED) is 0.159. The van der Waals surface area contributed by atoms with Gasteiger partial charge in [0.1, 0.15) is 0 Å². The summed E-state index contributed by atoms with van der Waals surface area (Å²) in [5.41, 5.74) is 2.48. The van der Waals surface area contributed by atoms with Crippen molar-refractivity contribution in [1.82, 2.24) is 0 Å². The highest BCUT2D eigenvalue weighted by molar-refractivity contribution is 7.27. The Morgan fingerprint density at radius 1 is 0.354 bits per heavy atom. The number of fused-ring (bicyclic) bond motifs is 14. The minimum Gasteiger partial charge on any atom is -0.374 e. The van der Waals surface area contributed by atoms with Crippen LogP contribution in [0.25, 0.3) is 83.4 Å². The number of rotatable bonds is 7. The molecule has 230 valence electrons. The van der Waals surface area contributed by atoms with Crippen LogP contribution in [0.2, 0.25) is 0 Å². The zero-order chi connectivity index (χ0) is 31.6. The van der Waals surface area contributed by atoms with E-state index in [0.717, 1.165) is 0 Å². The molecule has 10 aromatic rings. The summed E-state index contributed by atoms with van der Waals surface area (Å²) in [5, 5.41) is 15.6. The summed E-state index contributed by atoms with van der Waals surface area (Å²) in [6, 6.07) is 48.6. The first-order valence-electron chi connectivity index (χ1n) is 16.5. The van der Waals surface area contributed by atoms with Crippen LogP contribution in [0.3, 0.4) is 0 Å². The van der Waals surface area contributed by atoms with E-state index in [2.05, 4.69) is 133 Å². The third-order valence-corrected chi connectivity index (χ3v) is 12.4. The van der Waals surface area contributed by atoms with E-state index in [4.69, 9.17) is 9.47 Å². The Balaban J connectivity index is 0.931. The van der Waals surface area contributed by atoms with Crippen molar-refractivity contribution in [2.45, 2.75) is 13.2 Å². The number of hydrogen-bond donors (Lipinski definition) is 0. The molecule has 0 radical (unpaired) electrons. The molecule has 0 saturated heterocycles. The van der Waals surface area contributed by atoms with Crippen LogP contribution in [0.4, 0.5) is 0 Å². The van der Waals surface area contributed by atoms with Gasteiger partial charge in [0.25, 0.3) is 0 Å². The van der Waals surface area contributed by atoms with Crippen LogP contribution in [-0.4, -0.2) is 13.2 Å². The molecule has 2 nitrogen and oxygen atoms in total. The Labute approximate surface area is 285 Å². The molecule has 0 amide bonds. The van der Waals surface area contributed by atoms with Gasteiger partial charge in [-0.3, -0.25) is 0 Å². The topological polar surface area (TPSA) is 18.5 Å². The highest BCUT2D eigenvalue weighted by atomic mass is 32.1. The Morgan fingerprint density at radius 2 is 0.750 bits per heavy atom. The number of thiophene rings is 2. The largest absolute Gasteiger partial charge is 0.374 e. The lowest BCUT2D eigenvalue weighted by Gasteiger charge is -2.10. The van der Waals surface area contributed by atoms with Crippen molar-refractivity contribution in [3.8, 4) is 0 Å². The van der Waals surface area contributed by atoms with Gasteiger partial charge in [0.2, 0.25) is 0 Å². The Morgan fingerprint density at radius 3 is 1.21 bits per heavy atom. The van der Waals surface area contributed by atoms with E-state index in [-0.39, 0.29) is 0 Å². The van der Waals surface area contributed by atoms with Crippen molar-refractivity contribution < 1.29 is 9.47 Å². The van der Waals surface area contributed by atoms with E-state index in [9.17, 15) is 0 Å². The summed E-state index contributed by atoms with van der Waals surface area (Å²) in [6.45, 7) is 2.18. The second kappa shape index (κ2) is 11.4. The van der Waals surface area contributed by atoms with Gasteiger partial charge in [0.15, 0.2) is 0 Å². The van der Waals surface area contributed by atoms with Crippen LogP contribution in [-0.2, 0) is 22.7 Å².